The standard InChI is InChI=1S/C15H17FN2O3/c1-18(8-9-19)15(20)7-6-14-17-10-13(21-14)11-4-2-3-5-12(11)16/h2-5,10,19H,6-9H2,1H3. The van der Waals surface area contributed by atoms with Crippen LogP contribution in [0.2, 0.25) is 0 Å². The first kappa shape index (κ1) is 15.2. The van der Waals surface area contributed by atoms with Crippen molar-refractivity contribution in [3.05, 3.63) is 42.2 Å². The summed E-state index contributed by atoms with van der Waals surface area (Å²) in [4.78, 5) is 17.2. The molecule has 1 N–H and O–H groups in total. The third-order valence-electron chi connectivity index (χ3n) is 3.11. The first-order valence-electron chi connectivity index (χ1n) is 6.66. The molecule has 0 atom stereocenters. The number of benzene rings is 1. The molecule has 21 heavy (non-hydrogen) atoms. The van der Waals surface area contributed by atoms with Crippen LogP contribution in [0.1, 0.15) is 12.3 Å². The van der Waals surface area contributed by atoms with Gasteiger partial charge in [0.25, 0.3) is 0 Å². The third-order valence-corrected chi connectivity index (χ3v) is 3.11. The number of carbonyl (C=O) groups excluding carboxylic acids is 1. The molecule has 1 heterocycles. The van der Waals surface area contributed by atoms with Gasteiger partial charge in [-0.1, -0.05) is 12.1 Å². The maximum atomic E-state index is 13.6. The number of aliphatic hydroxyl groups is 1. The molecular formula is C15H17FN2O3. The Morgan fingerprint density at radius 1 is 1.43 bits per heavy atom. The SMILES string of the molecule is CN(CCO)C(=O)CCc1ncc(-c2ccccc2F)o1. The Hall–Kier alpha value is -2.21. The predicted molar refractivity (Wildman–Crippen MR) is 74.9 cm³/mol. The first-order valence-corrected chi connectivity index (χ1v) is 6.66. The van der Waals surface area contributed by atoms with E-state index >= 15 is 0 Å². The van der Waals surface area contributed by atoms with Crippen LogP contribution in [0.25, 0.3) is 11.3 Å². The molecule has 6 heteroatoms. The van der Waals surface area contributed by atoms with Crippen LogP contribution in [0.5, 0.6) is 0 Å². The highest BCUT2D eigenvalue weighted by molar-refractivity contribution is 5.76. The summed E-state index contributed by atoms with van der Waals surface area (Å²) in [5.41, 5.74) is 0.347. The number of aryl methyl sites for hydroxylation is 1. The van der Waals surface area contributed by atoms with Crippen molar-refractivity contribution < 1.29 is 18.7 Å². The van der Waals surface area contributed by atoms with E-state index in [1.54, 1.807) is 25.2 Å². The predicted octanol–water partition coefficient (Wildman–Crippen LogP) is 1.86. The number of oxazole rings is 1. The van der Waals surface area contributed by atoms with Crippen molar-refractivity contribution in [1.82, 2.24) is 9.88 Å². The lowest BCUT2D eigenvalue weighted by Crippen LogP contribution is -2.29. The molecule has 2 aromatic rings. The molecule has 0 spiro atoms. The molecule has 0 radical (unpaired) electrons. The van der Waals surface area contributed by atoms with Crippen LogP contribution in [0.3, 0.4) is 0 Å². The van der Waals surface area contributed by atoms with Gasteiger partial charge in [0, 0.05) is 26.4 Å². The normalized spacial score (nSPS) is 10.6. The van der Waals surface area contributed by atoms with Gasteiger partial charge < -0.3 is 14.4 Å². The van der Waals surface area contributed by atoms with Gasteiger partial charge in [-0.05, 0) is 12.1 Å². The van der Waals surface area contributed by atoms with E-state index in [0.717, 1.165) is 0 Å². The molecule has 0 unspecified atom stereocenters. The number of rotatable bonds is 6. The van der Waals surface area contributed by atoms with Crippen LogP contribution < -0.4 is 0 Å². The van der Waals surface area contributed by atoms with Crippen molar-refractivity contribution in [2.75, 3.05) is 20.2 Å². The minimum absolute atomic E-state index is 0.0708. The molecule has 1 amide bonds. The Labute approximate surface area is 122 Å². The zero-order valence-electron chi connectivity index (χ0n) is 11.8. The molecule has 1 aromatic heterocycles. The molecule has 0 saturated carbocycles. The number of hydrogen-bond donors (Lipinski definition) is 1. The van der Waals surface area contributed by atoms with E-state index in [2.05, 4.69) is 4.98 Å². The van der Waals surface area contributed by atoms with E-state index in [9.17, 15) is 9.18 Å². The fourth-order valence-corrected chi connectivity index (χ4v) is 1.89. The highest BCUT2D eigenvalue weighted by atomic mass is 19.1. The Morgan fingerprint density at radius 2 is 2.19 bits per heavy atom. The molecule has 5 nitrogen and oxygen atoms in total. The van der Waals surface area contributed by atoms with Crippen LogP contribution in [-0.2, 0) is 11.2 Å². The van der Waals surface area contributed by atoms with Crippen molar-refractivity contribution in [3.63, 3.8) is 0 Å². The summed E-state index contributed by atoms with van der Waals surface area (Å²) in [6, 6.07) is 6.28. The fourth-order valence-electron chi connectivity index (χ4n) is 1.89. The van der Waals surface area contributed by atoms with E-state index in [4.69, 9.17) is 9.52 Å². The summed E-state index contributed by atoms with van der Waals surface area (Å²) in [6.07, 6.45) is 2.02. The molecule has 0 aliphatic carbocycles. The minimum Gasteiger partial charge on any atom is -0.441 e. The molecule has 2 rings (SSSR count). The molecular weight excluding hydrogens is 275 g/mol. The number of halogens is 1. The van der Waals surface area contributed by atoms with Gasteiger partial charge in [-0.15, -0.1) is 0 Å². The van der Waals surface area contributed by atoms with Gasteiger partial charge in [0.15, 0.2) is 11.7 Å². The second-order valence-corrected chi connectivity index (χ2v) is 4.64. The quantitative estimate of drug-likeness (QED) is 0.882. The maximum Gasteiger partial charge on any atom is 0.222 e. The maximum absolute atomic E-state index is 13.6. The lowest BCUT2D eigenvalue weighted by molar-refractivity contribution is -0.130. The topological polar surface area (TPSA) is 66.6 Å². The van der Waals surface area contributed by atoms with Gasteiger partial charge in [0.2, 0.25) is 5.91 Å². The number of nitrogens with zero attached hydrogens (tertiary/aromatic N) is 2. The number of likely N-dealkylation sites (N-methyl/N-ethyl adjacent to an activating group) is 1. The second-order valence-electron chi connectivity index (χ2n) is 4.64. The molecule has 0 aliphatic heterocycles. The zero-order chi connectivity index (χ0) is 15.2. The second kappa shape index (κ2) is 6.99. The Kier molecular flexibility index (Phi) is 5.05. The van der Waals surface area contributed by atoms with E-state index in [0.29, 0.717) is 30.2 Å². The summed E-state index contributed by atoms with van der Waals surface area (Å²) in [5.74, 6) is 0.256. The van der Waals surface area contributed by atoms with E-state index in [-0.39, 0.29) is 24.8 Å². The number of aliphatic hydroxyl groups excluding tert-OH is 1. The van der Waals surface area contributed by atoms with Gasteiger partial charge in [-0.25, -0.2) is 9.37 Å². The van der Waals surface area contributed by atoms with Crippen molar-refractivity contribution in [2.24, 2.45) is 0 Å². The van der Waals surface area contributed by atoms with Crippen LogP contribution in [-0.4, -0.2) is 41.1 Å². The van der Waals surface area contributed by atoms with Gasteiger partial charge in [-0.2, -0.15) is 0 Å². The molecule has 112 valence electrons. The van der Waals surface area contributed by atoms with Crippen molar-refractivity contribution in [3.8, 4) is 11.3 Å². The average molecular weight is 292 g/mol. The van der Waals surface area contributed by atoms with Crippen LogP contribution in [0.15, 0.2) is 34.9 Å². The van der Waals surface area contributed by atoms with Crippen molar-refractivity contribution in [2.45, 2.75) is 12.8 Å². The van der Waals surface area contributed by atoms with Gasteiger partial charge in [0.1, 0.15) is 5.82 Å². The molecule has 0 aliphatic rings. The summed E-state index contributed by atoms with van der Waals surface area (Å²) in [7, 11) is 1.62. The Bertz CT molecular complexity index is 612. The number of carbonyl (C=O) groups is 1. The molecule has 0 saturated heterocycles. The van der Waals surface area contributed by atoms with Crippen molar-refractivity contribution in [1.29, 1.82) is 0 Å². The largest absolute Gasteiger partial charge is 0.441 e. The lowest BCUT2D eigenvalue weighted by atomic mass is 10.2. The zero-order valence-corrected chi connectivity index (χ0v) is 11.8. The molecule has 1 aromatic carbocycles. The van der Waals surface area contributed by atoms with Crippen LogP contribution in [0.4, 0.5) is 4.39 Å². The third kappa shape index (κ3) is 3.88. The number of aromatic nitrogens is 1. The Balaban J connectivity index is 1.98. The number of amides is 1. The van der Waals surface area contributed by atoms with Gasteiger partial charge in [0.05, 0.1) is 18.4 Å². The summed E-state index contributed by atoms with van der Waals surface area (Å²) >= 11 is 0. The van der Waals surface area contributed by atoms with Crippen LogP contribution >= 0.6 is 0 Å². The van der Waals surface area contributed by atoms with E-state index in [1.807, 2.05) is 0 Å². The lowest BCUT2D eigenvalue weighted by Gasteiger charge is -2.14. The minimum atomic E-state index is -0.376. The highest BCUT2D eigenvalue weighted by Gasteiger charge is 2.13. The molecule has 0 fully saturated rings. The smallest absolute Gasteiger partial charge is 0.222 e. The fraction of sp³-hybridized carbons (Fsp3) is 0.333. The van der Waals surface area contributed by atoms with E-state index in [1.165, 1.54) is 17.2 Å². The average Bonchev–Trinajstić information content (AvgIpc) is 2.94. The summed E-state index contributed by atoms with van der Waals surface area (Å²) < 4.78 is 19.1. The van der Waals surface area contributed by atoms with Crippen LogP contribution in [0, 0.1) is 5.82 Å². The summed E-state index contributed by atoms with van der Waals surface area (Å²) in [5, 5.41) is 8.77. The molecule has 0 bridgehead atoms. The van der Waals surface area contributed by atoms with Gasteiger partial charge >= 0.3 is 0 Å². The van der Waals surface area contributed by atoms with Crippen molar-refractivity contribution >= 4 is 5.91 Å². The highest BCUT2D eigenvalue weighted by Crippen LogP contribution is 2.23. The Morgan fingerprint density at radius 3 is 2.90 bits per heavy atom. The van der Waals surface area contributed by atoms with Gasteiger partial charge in [-0.3, -0.25) is 4.79 Å². The summed E-state index contributed by atoms with van der Waals surface area (Å²) in [6.45, 7) is 0.226. The number of hydrogen-bond acceptors (Lipinski definition) is 4. The first-order chi connectivity index (χ1) is 10.1. The van der Waals surface area contributed by atoms with E-state index < -0.39 is 0 Å². The monoisotopic (exact) mass is 292 g/mol.